The molecule has 1 saturated heterocycles. The molecule has 3 heterocycles. The van der Waals surface area contributed by atoms with Crippen molar-refractivity contribution in [3.05, 3.63) is 42.7 Å². The number of imidazole rings is 1. The van der Waals surface area contributed by atoms with Gasteiger partial charge in [-0.3, -0.25) is 13.9 Å². The van der Waals surface area contributed by atoms with Crippen molar-refractivity contribution >= 4 is 30.7 Å². The molecule has 15 heteroatoms. The normalized spacial score (nSPS) is 24.2. The number of carboxylic acids is 1. The van der Waals surface area contributed by atoms with E-state index in [0.717, 1.165) is 0 Å². The number of nitrogens with zero attached hydrogens (tertiary/aromatic N) is 4. The lowest BCUT2D eigenvalue weighted by Crippen LogP contribution is -2.44. The number of terminal acetylenes is 1. The highest BCUT2D eigenvalue weighted by Crippen LogP contribution is 2.51. The van der Waals surface area contributed by atoms with Crippen LogP contribution in [-0.2, 0) is 18.6 Å². The highest BCUT2D eigenvalue weighted by molar-refractivity contribution is 7.52. The van der Waals surface area contributed by atoms with Gasteiger partial charge in [-0.05, 0) is 19.1 Å². The summed E-state index contributed by atoms with van der Waals surface area (Å²) in [7, 11) is -4.42. The van der Waals surface area contributed by atoms with Crippen molar-refractivity contribution < 1.29 is 37.7 Å². The second-order valence-electron chi connectivity index (χ2n) is 7.89. The van der Waals surface area contributed by atoms with Crippen LogP contribution in [0.25, 0.3) is 11.2 Å². The van der Waals surface area contributed by atoms with Crippen molar-refractivity contribution in [1.29, 1.82) is 0 Å². The van der Waals surface area contributed by atoms with Gasteiger partial charge in [0.1, 0.15) is 24.1 Å². The molecular weight excluding hydrogens is 498 g/mol. The minimum absolute atomic E-state index is 0.00384. The van der Waals surface area contributed by atoms with Crippen LogP contribution in [0, 0.1) is 18.4 Å². The summed E-state index contributed by atoms with van der Waals surface area (Å²) < 4.78 is 46.1. The van der Waals surface area contributed by atoms with E-state index in [-0.39, 0.29) is 29.2 Å². The van der Waals surface area contributed by atoms with E-state index in [4.69, 9.17) is 25.9 Å². The van der Waals surface area contributed by atoms with Crippen LogP contribution in [0.15, 0.2) is 36.7 Å². The molecule has 5 N–H and O–H groups in total. The van der Waals surface area contributed by atoms with E-state index in [1.54, 1.807) is 18.2 Å². The third kappa shape index (κ3) is 4.88. The van der Waals surface area contributed by atoms with E-state index in [0.29, 0.717) is 0 Å². The van der Waals surface area contributed by atoms with Gasteiger partial charge in [0, 0.05) is 6.42 Å². The Labute approximate surface area is 204 Å². The van der Waals surface area contributed by atoms with Crippen molar-refractivity contribution in [1.82, 2.24) is 24.6 Å². The fraction of sp³-hybridized carbons (Fsp3) is 0.333. The second-order valence-corrected chi connectivity index (χ2v) is 9.53. The number of carboxylic acid groups (broad SMARTS) is 1. The molecule has 0 aliphatic carbocycles. The smallest absolute Gasteiger partial charge is 0.459 e. The predicted molar refractivity (Wildman–Crippen MR) is 123 cm³/mol. The number of benzene rings is 1. The van der Waals surface area contributed by atoms with E-state index >= 15 is 0 Å². The Hall–Kier alpha value is -3.60. The summed E-state index contributed by atoms with van der Waals surface area (Å²) in [5.74, 6) is 0.936. The monoisotopic (exact) mass is 520 g/mol. The standard InChI is InChI=1S/C21H22FN6O7P/c1-3-21(10-29)14(9-15(33-21)28-11-24-16-17(23)25-20(22)26-18(16)28)35-36(32,27-12(2)19(30)31)34-13-7-5-4-6-8-13/h1,4-8,11-12,14-15,29H,9-10H2,2H3,(H,27,32)(H,30,31)(H2,23,25,26)/t12-,14-,15+,21+,36+/m0/s1. The van der Waals surface area contributed by atoms with E-state index in [2.05, 4.69) is 26.0 Å². The zero-order valence-corrected chi connectivity index (χ0v) is 19.7. The number of ether oxygens (including phenoxy) is 1. The summed E-state index contributed by atoms with van der Waals surface area (Å²) in [5.41, 5.74) is 3.99. The number of fused-ring (bicyclic) bond motifs is 1. The van der Waals surface area contributed by atoms with Crippen molar-refractivity contribution in [2.75, 3.05) is 12.3 Å². The molecule has 3 aromatic rings. The number of hydrogen-bond donors (Lipinski definition) is 4. The maximum Gasteiger partial charge on any atom is 0.459 e. The second kappa shape index (κ2) is 9.81. The zero-order valence-electron chi connectivity index (χ0n) is 18.8. The van der Waals surface area contributed by atoms with Gasteiger partial charge in [0.05, 0.1) is 12.9 Å². The molecule has 1 fully saturated rings. The molecule has 1 aliphatic heterocycles. The molecule has 0 amide bonds. The Morgan fingerprint density at radius 2 is 2.19 bits per heavy atom. The van der Waals surface area contributed by atoms with Gasteiger partial charge in [-0.1, -0.05) is 24.1 Å². The van der Waals surface area contributed by atoms with E-state index in [1.807, 2.05) is 0 Å². The number of aliphatic carboxylic acids is 1. The molecule has 0 radical (unpaired) electrons. The van der Waals surface area contributed by atoms with Crippen LogP contribution in [0.3, 0.4) is 0 Å². The highest BCUT2D eigenvalue weighted by Gasteiger charge is 2.53. The van der Waals surface area contributed by atoms with Gasteiger partial charge >= 0.3 is 19.8 Å². The third-order valence-corrected chi connectivity index (χ3v) is 7.14. The summed E-state index contributed by atoms with van der Waals surface area (Å²) in [4.78, 5) is 22.6. The van der Waals surface area contributed by atoms with Crippen LogP contribution >= 0.6 is 7.75 Å². The molecule has 5 atom stereocenters. The molecule has 1 aromatic carbocycles. The number of hydrogen-bond acceptors (Lipinski definition) is 10. The van der Waals surface area contributed by atoms with Crippen molar-refractivity contribution in [3.8, 4) is 18.1 Å². The van der Waals surface area contributed by atoms with Crippen molar-refractivity contribution in [2.45, 2.75) is 37.3 Å². The molecule has 0 spiro atoms. The number of nitrogen functional groups attached to an aromatic ring is 1. The van der Waals surface area contributed by atoms with Crippen LogP contribution < -0.4 is 15.3 Å². The van der Waals surface area contributed by atoms with Gasteiger partial charge in [0.15, 0.2) is 22.6 Å². The SMILES string of the molecule is C#C[C@]1(CO)O[C@@H](n2cnc3c(N)nc(F)nc32)C[C@@H]1O[P@@](=O)(N[C@@H](C)C(=O)O)Oc1ccccc1. The maximum absolute atomic E-state index is 13.8. The number of para-hydroxylation sites is 1. The number of nitrogens with one attached hydrogen (secondary N) is 1. The molecule has 0 saturated carbocycles. The highest BCUT2D eigenvalue weighted by atomic mass is 31.2. The molecule has 4 rings (SSSR count). The van der Waals surface area contributed by atoms with E-state index in [9.17, 15) is 24.0 Å². The average Bonchev–Trinajstić information content (AvgIpc) is 3.41. The summed E-state index contributed by atoms with van der Waals surface area (Å²) >= 11 is 0. The van der Waals surface area contributed by atoms with Crippen LogP contribution in [-0.4, -0.2) is 60.1 Å². The number of rotatable bonds is 9. The zero-order chi connectivity index (χ0) is 26.1. The fourth-order valence-corrected chi connectivity index (χ4v) is 5.36. The van der Waals surface area contributed by atoms with Crippen LogP contribution in [0.1, 0.15) is 19.6 Å². The van der Waals surface area contributed by atoms with Crippen molar-refractivity contribution in [2.24, 2.45) is 0 Å². The third-order valence-electron chi connectivity index (χ3n) is 5.45. The van der Waals surface area contributed by atoms with Gasteiger partial charge in [-0.15, -0.1) is 6.42 Å². The molecule has 1 aliphatic rings. The Kier molecular flexibility index (Phi) is 6.94. The summed E-state index contributed by atoms with van der Waals surface area (Å²) in [6.45, 7) is 0.486. The quantitative estimate of drug-likeness (QED) is 0.181. The predicted octanol–water partition coefficient (Wildman–Crippen LogP) is 1.47. The number of anilines is 1. The first-order valence-electron chi connectivity index (χ1n) is 10.6. The fourth-order valence-electron chi connectivity index (χ4n) is 3.63. The molecule has 13 nitrogen and oxygen atoms in total. The molecule has 190 valence electrons. The summed E-state index contributed by atoms with van der Waals surface area (Å²) in [6, 6.07) is 6.58. The number of aromatic nitrogens is 4. The average molecular weight is 520 g/mol. The Morgan fingerprint density at radius 1 is 1.47 bits per heavy atom. The maximum atomic E-state index is 13.8. The van der Waals surface area contributed by atoms with E-state index < -0.39 is 50.4 Å². The lowest BCUT2D eigenvalue weighted by atomic mass is 9.99. The minimum atomic E-state index is -4.42. The Balaban J connectivity index is 1.69. The summed E-state index contributed by atoms with van der Waals surface area (Å²) in [6.07, 6.45) is 3.43. The number of carbonyl (C=O) groups is 1. The number of aliphatic hydroxyl groups is 1. The largest absolute Gasteiger partial charge is 0.480 e. The number of nitrogens with two attached hydrogens (primary N) is 1. The molecule has 36 heavy (non-hydrogen) atoms. The van der Waals surface area contributed by atoms with Gasteiger partial charge < -0.3 is 25.2 Å². The Bertz CT molecular complexity index is 1370. The first-order chi connectivity index (χ1) is 17.1. The van der Waals surface area contributed by atoms with Crippen LogP contribution in [0.2, 0.25) is 0 Å². The van der Waals surface area contributed by atoms with Gasteiger partial charge in [-0.25, -0.2) is 9.55 Å². The van der Waals surface area contributed by atoms with Crippen LogP contribution in [0.4, 0.5) is 10.2 Å². The lowest BCUT2D eigenvalue weighted by Gasteiger charge is -2.30. The number of aliphatic hydroxyl groups excluding tert-OH is 1. The summed E-state index contributed by atoms with van der Waals surface area (Å²) in [5, 5.41) is 21.8. The van der Waals surface area contributed by atoms with Crippen molar-refractivity contribution in [3.63, 3.8) is 0 Å². The van der Waals surface area contributed by atoms with Gasteiger partial charge in [0.2, 0.25) is 0 Å². The molecule has 0 bridgehead atoms. The topological polar surface area (TPSA) is 184 Å². The Morgan fingerprint density at radius 3 is 2.83 bits per heavy atom. The van der Waals surface area contributed by atoms with Gasteiger partial charge in [0.25, 0.3) is 0 Å². The first-order valence-corrected chi connectivity index (χ1v) is 12.1. The minimum Gasteiger partial charge on any atom is -0.480 e. The lowest BCUT2D eigenvalue weighted by molar-refractivity contribution is -0.138. The van der Waals surface area contributed by atoms with E-state index in [1.165, 1.54) is 30.0 Å². The first kappa shape index (κ1) is 25.5. The molecular formula is C21H22FN6O7P. The van der Waals surface area contributed by atoms with Gasteiger partial charge in [-0.2, -0.15) is 19.4 Å². The number of halogens is 1. The molecule has 2 aromatic heterocycles. The molecule has 0 unspecified atom stereocenters. The van der Waals surface area contributed by atoms with Crippen LogP contribution in [0.5, 0.6) is 5.75 Å².